The van der Waals surface area contributed by atoms with Gasteiger partial charge >= 0.3 is 0 Å². The quantitative estimate of drug-likeness (QED) is 0.867. The van der Waals surface area contributed by atoms with Crippen LogP contribution in [0.3, 0.4) is 0 Å². The maximum Gasteiger partial charge on any atom is 0.125 e. The normalized spacial score (nSPS) is 28.5. The van der Waals surface area contributed by atoms with Gasteiger partial charge in [-0.15, -0.1) is 0 Å². The average molecular weight is 250 g/mol. The highest BCUT2D eigenvalue weighted by Crippen LogP contribution is 2.28. The van der Waals surface area contributed by atoms with E-state index in [0.717, 1.165) is 30.8 Å². The summed E-state index contributed by atoms with van der Waals surface area (Å²) < 4.78 is 13.5. The number of benzene rings is 1. The van der Waals surface area contributed by atoms with Gasteiger partial charge in [0.15, 0.2) is 0 Å². The van der Waals surface area contributed by atoms with Crippen LogP contribution in [0.1, 0.15) is 32.8 Å². The van der Waals surface area contributed by atoms with Gasteiger partial charge in [0.25, 0.3) is 0 Å². The third-order valence-corrected chi connectivity index (χ3v) is 4.14. The van der Waals surface area contributed by atoms with E-state index in [1.807, 2.05) is 13.0 Å². The molecule has 1 aliphatic rings. The molecule has 1 fully saturated rings. The number of anilines is 1. The molecule has 100 valence electrons. The number of aryl methyl sites for hydroxylation is 1. The molecule has 0 spiro atoms. The second kappa shape index (κ2) is 4.88. The number of rotatable bonds is 2. The Hall–Kier alpha value is -1.09. The molecule has 1 heterocycles. The van der Waals surface area contributed by atoms with Crippen molar-refractivity contribution in [3.63, 3.8) is 0 Å². The largest absolute Gasteiger partial charge is 0.365 e. The molecule has 0 aromatic heterocycles. The van der Waals surface area contributed by atoms with Gasteiger partial charge in [0, 0.05) is 30.4 Å². The number of nitrogens with one attached hydrogen (secondary N) is 1. The molecule has 1 N–H and O–H groups in total. The highest BCUT2D eigenvalue weighted by molar-refractivity contribution is 5.55. The minimum absolute atomic E-state index is 0.116. The predicted octanol–water partition coefficient (Wildman–Crippen LogP) is 3.10. The van der Waals surface area contributed by atoms with Crippen LogP contribution in [0.5, 0.6) is 0 Å². The Kier molecular flexibility index (Phi) is 3.62. The Morgan fingerprint density at radius 3 is 2.89 bits per heavy atom. The lowest BCUT2D eigenvalue weighted by Gasteiger charge is -2.46. The lowest BCUT2D eigenvalue weighted by molar-refractivity contribution is 0.285. The van der Waals surface area contributed by atoms with Crippen molar-refractivity contribution < 1.29 is 4.39 Å². The first-order chi connectivity index (χ1) is 8.45. The zero-order valence-corrected chi connectivity index (χ0v) is 11.8. The predicted molar refractivity (Wildman–Crippen MR) is 74.6 cm³/mol. The molecule has 1 aromatic carbocycles. The van der Waals surface area contributed by atoms with Crippen LogP contribution in [0.25, 0.3) is 0 Å². The van der Waals surface area contributed by atoms with Gasteiger partial charge in [-0.2, -0.15) is 0 Å². The fraction of sp³-hybridized carbons (Fsp3) is 0.600. The molecule has 3 heteroatoms. The highest BCUT2D eigenvalue weighted by atomic mass is 19.1. The second-order valence-corrected chi connectivity index (χ2v) is 5.70. The molecule has 2 rings (SSSR count). The average Bonchev–Trinajstić information content (AvgIpc) is 2.36. The van der Waals surface area contributed by atoms with E-state index < -0.39 is 0 Å². The Morgan fingerprint density at radius 1 is 1.50 bits per heavy atom. The van der Waals surface area contributed by atoms with Crippen molar-refractivity contribution in [2.75, 3.05) is 18.0 Å². The summed E-state index contributed by atoms with van der Waals surface area (Å²) in [5.41, 5.74) is 2.29. The van der Waals surface area contributed by atoms with Gasteiger partial charge in [0.05, 0.1) is 0 Å². The van der Waals surface area contributed by atoms with Crippen molar-refractivity contribution >= 4 is 5.69 Å². The fourth-order valence-electron chi connectivity index (χ4n) is 2.54. The third-order valence-electron chi connectivity index (χ3n) is 4.14. The van der Waals surface area contributed by atoms with Crippen LogP contribution in [0.4, 0.5) is 10.1 Å². The van der Waals surface area contributed by atoms with Crippen LogP contribution < -0.4 is 10.2 Å². The van der Waals surface area contributed by atoms with Crippen LogP contribution in [-0.4, -0.2) is 24.7 Å². The molecule has 2 nitrogen and oxygen atoms in total. The lowest BCUT2D eigenvalue weighted by Crippen LogP contribution is -2.62. The summed E-state index contributed by atoms with van der Waals surface area (Å²) >= 11 is 0. The topological polar surface area (TPSA) is 15.3 Å². The molecular weight excluding hydrogens is 227 g/mol. The number of halogens is 1. The van der Waals surface area contributed by atoms with Gasteiger partial charge in [-0.25, -0.2) is 4.39 Å². The molecule has 0 bridgehead atoms. The molecule has 0 amide bonds. The summed E-state index contributed by atoms with van der Waals surface area (Å²) in [6.45, 7) is 10.5. The van der Waals surface area contributed by atoms with Crippen molar-refractivity contribution in [3.8, 4) is 0 Å². The summed E-state index contributed by atoms with van der Waals surface area (Å²) in [5, 5.41) is 3.59. The van der Waals surface area contributed by atoms with E-state index in [1.54, 1.807) is 6.07 Å². The lowest BCUT2D eigenvalue weighted by atomic mass is 9.93. The fourth-order valence-corrected chi connectivity index (χ4v) is 2.54. The van der Waals surface area contributed by atoms with Gasteiger partial charge in [0.1, 0.15) is 5.82 Å². The SMILES string of the molecule is CCC1(C)CN(c2cc(F)ccc2C)C(C)CN1. The van der Waals surface area contributed by atoms with Crippen molar-refractivity contribution in [1.29, 1.82) is 0 Å². The summed E-state index contributed by atoms with van der Waals surface area (Å²) in [4.78, 5) is 2.33. The standard InChI is InChI=1S/C15H23FN2/c1-5-15(4)10-18(12(3)9-17-15)14-8-13(16)7-6-11(14)2/h6-8,12,17H,5,9-10H2,1-4H3. The molecule has 1 saturated heterocycles. The number of nitrogens with zero attached hydrogens (tertiary/aromatic N) is 1. The molecule has 0 aliphatic carbocycles. The molecule has 2 atom stereocenters. The molecule has 0 saturated carbocycles. The highest BCUT2D eigenvalue weighted by Gasteiger charge is 2.33. The smallest absolute Gasteiger partial charge is 0.125 e. The van der Waals surface area contributed by atoms with Crippen LogP contribution >= 0.6 is 0 Å². The zero-order chi connectivity index (χ0) is 13.3. The molecule has 1 aromatic rings. The molecule has 2 unspecified atom stereocenters. The van der Waals surface area contributed by atoms with Gasteiger partial charge < -0.3 is 10.2 Å². The van der Waals surface area contributed by atoms with Crippen LogP contribution in [0.15, 0.2) is 18.2 Å². The molecule has 0 radical (unpaired) electrons. The maximum absolute atomic E-state index is 13.5. The monoisotopic (exact) mass is 250 g/mol. The first-order valence-electron chi connectivity index (χ1n) is 6.73. The van der Waals surface area contributed by atoms with E-state index in [-0.39, 0.29) is 11.4 Å². The third kappa shape index (κ3) is 2.51. The van der Waals surface area contributed by atoms with Gasteiger partial charge in [-0.05, 0) is 44.9 Å². The van der Waals surface area contributed by atoms with E-state index in [0.29, 0.717) is 6.04 Å². The Labute approximate surface area is 109 Å². The summed E-state index contributed by atoms with van der Waals surface area (Å²) in [5.74, 6) is -0.153. The zero-order valence-electron chi connectivity index (χ0n) is 11.8. The van der Waals surface area contributed by atoms with Crippen LogP contribution in [-0.2, 0) is 0 Å². The van der Waals surface area contributed by atoms with E-state index in [4.69, 9.17) is 0 Å². The summed E-state index contributed by atoms with van der Waals surface area (Å²) in [6.07, 6.45) is 1.07. The van der Waals surface area contributed by atoms with E-state index in [1.165, 1.54) is 6.07 Å². The molecular formula is C15H23FN2. The maximum atomic E-state index is 13.5. The van der Waals surface area contributed by atoms with Crippen LogP contribution in [0, 0.1) is 12.7 Å². The molecule has 1 aliphatic heterocycles. The summed E-state index contributed by atoms with van der Waals surface area (Å²) in [7, 11) is 0. The van der Waals surface area contributed by atoms with Crippen molar-refractivity contribution in [3.05, 3.63) is 29.6 Å². The van der Waals surface area contributed by atoms with E-state index >= 15 is 0 Å². The number of piperazine rings is 1. The minimum Gasteiger partial charge on any atom is -0.365 e. The van der Waals surface area contributed by atoms with Gasteiger partial charge in [0.2, 0.25) is 0 Å². The number of hydrogen-bond acceptors (Lipinski definition) is 2. The first kappa shape index (κ1) is 13.3. The van der Waals surface area contributed by atoms with Gasteiger partial charge in [-0.1, -0.05) is 13.0 Å². The van der Waals surface area contributed by atoms with E-state index in [2.05, 4.69) is 31.0 Å². The first-order valence-corrected chi connectivity index (χ1v) is 6.73. The molecule has 18 heavy (non-hydrogen) atoms. The Morgan fingerprint density at radius 2 is 2.22 bits per heavy atom. The van der Waals surface area contributed by atoms with Gasteiger partial charge in [-0.3, -0.25) is 0 Å². The second-order valence-electron chi connectivity index (χ2n) is 5.70. The van der Waals surface area contributed by atoms with Crippen molar-refractivity contribution in [2.45, 2.75) is 45.7 Å². The minimum atomic E-state index is -0.153. The van der Waals surface area contributed by atoms with E-state index in [9.17, 15) is 4.39 Å². The van der Waals surface area contributed by atoms with Crippen molar-refractivity contribution in [1.82, 2.24) is 5.32 Å². The van der Waals surface area contributed by atoms with Crippen molar-refractivity contribution in [2.24, 2.45) is 0 Å². The Bertz CT molecular complexity index is 433. The van der Waals surface area contributed by atoms with Crippen LogP contribution in [0.2, 0.25) is 0 Å². The summed E-state index contributed by atoms with van der Waals surface area (Å²) in [6, 6.07) is 5.45. The number of hydrogen-bond donors (Lipinski definition) is 1. The Balaban J connectivity index is 2.32.